The van der Waals surface area contributed by atoms with E-state index in [2.05, 4.69) is 41.2 Å². The SMILES string of the molecule is Cc1ccc(C)n1CCNC(=O)NCc1ccccc1. The first-order valence-electron chi connectivity index (χ1n) is 6.85. The average molecular weight is 271 g/mol. The third kappa shape index (κ3) is 3.88. The molecule has 0 radical (unpaired) electrons. The van der Waals surface area contributed by atoms with Crippen molar-refractivity contribution in [1.29, 1.82) is 0 Å². The van der Waals surface area contributed by atoms with Crippen molar-refractivity contribution in [2.75, 3.05) is 6.54 Å². The standard InChI is InChI=1S/C16H21N3O/c1-13-8-9-14(2)19(13)11-10-17-16(20)18-12-15-6-4-3-5-7-15/h3-9H,10-12H2,1-2H3,(H2,17,18,20). The van der Waals surface area contributed by atoms with Crippen molar-refractivity contribution in [3.05, 3.63) is 59.4 Å². The minimum absolute atomic E-state index is 0.128. The van der Waals surface area contributed by atoms with Crippen molar-refractivity contribution in [3.8, 4) is 0 Å². The molecule has 20 heavy (non-hydrogen) atoms. The van der Waals surface area contributed by atoms with Crippen molar-refractivity contribution in [2.24, 2.45) is 0 Å². The molecule has 4 heteroatoms. The van der Waals surface area contributed by atoms with E-state index in [1.54, 1.807) is 0 Å². The van der Waals surface area contributed by atoms with Gasteiger partial charge in [-0.15, -0.1) is 0 Å². The molecule has 2 aromatic rings. The van der Waals surface area contributed by atoms with Gasteiger partial charge in [0.1, 0.15) is 0 Å². The van der Waals surface area contributed by atoms with Gasteiger partial charge in [0.25, 0.3) is 0 Å². The van der Waals surface area contributed by atoms with E-state index in [4.69, 9.17) is 0 Å². The molecule has 0 fully saturated rings. The van der Waals surface area contributed by atoms with Gasteiger partial charge in [0, 0.05) is 31.0 Å². The van der Waals surface area contributed by atoms with Crippen LogP contribution in [0.3, 0.4) is 0 Å². The highest BCUT2D eigenvalue weighted by Crippen LogP contribution is 2.05. The lowest BCUT2D eigenvalue weighted by Crippen LogP contribution is -2.36. The molecule has 1 aromatic heterocycles. The molecular formula is C16H21N3O. The van der Waals surface area contributed by atoms with E-state index in [1.165, 1.54) is 11.4 Å². The molecule has 1 aromatic carbocycles. The lowest BCUT2D eigenvalue weighted by Gasteiger charge is -2.11. The van der Waals surface area contributed by atoms with Gasteiger partial charge in [-0.05, 0) is 31.5 Å². The fourth-order valence-electron chi connectivity index (χ4n) is 2.17. The zero-order valence-electron chi connectivity index (χ0n) is 12.0. The van der Waals surface area contributed by atoms with Gasteiger partial charge in [-0.2, -0.15) is 0 Å². The smallest absolute Gasteiger partial charge is 0.315 e. The minimum Gasteiger partial charge on any atom is -0.347 e. The van der Waals surface area contributed by atoms with Gasteiger partial charge in [-0.3, -0.25) is 0 Å². The van der Waals surface area contributed by atoms with E-state index >= 15 is 0 Å². The Morgan fingerprint density at radius 3 is 2.30 bits per heavy atom. The number of aromatic nitrogens is 1. The van der Waals surface area contributed by atoms with Crippen molar-refractivity contribution in [3.63, 3.8) is 0 Å². The number of carbonyl (C=O) groups is 1. The Balaban J connectivity index is 1.71. The van der Waals surface area contributed by atoms with Crippen LogP contribution in [-0.2, 0) is 13.1 Å². The number of aryl methyl sites for hydroxylation is 2. The summed E-state index contributed by atoms with van der Waals surface area (Å²) in [5.74, 6) is 0. The first-order chi connectivity index (χ1) is 9.66. The first-order valence-corrected chi connectivity index (χ1v) is 6.85. The molecule has 1 heterocycles. The van der Waals surface area contributed by atoms with Crippen molar-refractivity contribution in [2.45, 2.75) is 26.9 Å². The van der Waals surface area contributed by atoms with Crippen molar-refractivity contribution < 1.29 is 4.79 Å². The molecule has 2 N–H and O–H groups in total. The van der Waals surface area contributed by atoms with E-state index in [0.717, 1.165) is 12.1 Å². The van der Waals surface area contributed by atoms with Crippen LogP contribution in [-0.4, -0.2) is 17.1 Å². The summed E-state index contributed by atoms with van der Waals surface area (Å²) in [6.07, 6.45) is 0. The highest BCUT2D eigenvalue weighted by atomic mass is 16.2. The van der Waals surface area contributed by atoms with Crippen LogP contribution in [0.5, 0.6) is 0 Å². The molecule has 0 saturated carbocycles. The molecule has 0 aliphatic carbocycles. The summed E-state index contributed by atoms with van der Waals surface area (Å²) >= 11 is 0. The van der Waals surface area contributed by atoms with Gasteiger partial charge < -0.3 is 15.2 Å². The van der Waals surface area contributed by atoms with E-state index in [1.807, 2.05) is 30.3 Å². The molecule has 2 rings (SSSR count). The first kappa shape index (κ1) is 14.2. The number of hydrogen-bond donors (Lipinski definition) is 2. The lowest BCUT2D eigenvalue weighted by atomic mass is 10.2. The highest BCUT2D eigenvalue weighted by molar-refractivity contribution is 5.73. The number of rotatable bonds is 5. The molecule has 0 aliphatic heterocycles. The molecule has 106 valence electrons. The van der Waals surface area contributed by atoms with Crippen molar-refractivity contribution in [1.82, 2.24) is 15.2 Å². The van der Waals surface area contributed by atoms with Gasteiger partial charge in [0.2, 0.25) is 0 Å². The third-order valence-corrected chi connectivity index (χ3v) is 3.33. The molecule has 4 nitrogen and oxygen atoms in total. The second kappa shape index (κ2) is 6.80. The molecule has 0 saturated heterocycles. The van der Waals surface area contributed by atoms with Gasteiger partial charge >= 0.3 is 6.03 Å². The molecule has 0 atom stereocenters. The van der Waals surface area contributed by atoms with E-state index in [9.17, 15) is 4.79 Å². The average Bonchev–Trinajstić information content (AvgIpc) is 2.78. The Morgan fingerprint density at radius 2 is 1.65 bits per heavy atom. The number of hydrogen-bond acceptors (Lipinski definition) is 1. The minimum atomic E-state index is -0.128. The Bertz CT molecular complexity index is 541. The number of urea groups is 1. The number of benzene rings is 1. The predicted octanol–water partition coefficient (Wildman–Crippen LogP) is 2.60. The zero-order chi connectivity index (χ0) is 14.4. The molecule has 0 unspecified atom stereocenters. The second-order valence-corrected chi connectivity index (χ2v) is 4.86. The summed E-state index contributed by atoms with van der Waals surface area (Å²) in [5, 5.41) is 5.72. The fourth-order valence-corrected chi connectivity index (χ4v) is 2.17. The summed E-state index contributed by atoms with van der Waals surface area (Å²) in [4.78, 5) is 11.7. The van der Waals surface area contributed by atoms with Gasteiger partial charge in [-0.25, -0.2) is 4.79 Å². The van der Waals surface area contributed by atoms with Crippen LogP contribution in [0.25, 0.3) is 0 Å². The fraction of sp³-hybridized carbons (Fsp3) is 0.312. The Hall–Kier alpha value is -2.23. The Morgan fingerprint density at radius 1 is 1.00 bits per heavy atom. The van der Waals surface area contributed by atoms with Crippen LogP contribution >= 0.6 is 0 Å². The van der Waals surface area contributed by atoms with Gasteiger partial charge in [0.05, 0.1) is 0 Å². The maximum Gasteiger partial charge on any atom is 0.315 e. The maximum atomic E-state index is 11.7. The van der Waals surface area contributed by atoms with Crippen LogP contribution in [0.1, 0.15) is 17.0 Å². The Labute approximate surface area is 119 Å². The van der Waals surface area contributed by atoms with E-state index in [0.29, 0.717) is 13.1 Å². The van der Waals surface area contributed by atoms with Crippen LogP contribution in [0.4, 0.5) is 4.79 Å². The number of nitrogens with one attached hydrogen (secondary N) is 2. The zero-order valence-corrected chi connectivity index (χ0v) is 12.0. The Kier molecular flexibility index (Phi) is 4.82. The quantitative estimate of drug-likeness (QED) is 0.862. The highest BCUT2D eigenvalue weighted by Gasteiger charge is 2.02. The van der Waals surface area contributed by atoms with Crippen LogP contribution in [0.2, 0.25) is 0 Å². The monoisotopic (exact) mass is 271 g/mol. The maximum absolute atomic E-state index is 11.7. The summed E-state index contributed by atoms with van der Waals surface area (Å²) < 4.78 is 2.19. The van der Waals surface area contributed by atoms with E-state index < -0.39 is 0 Å². The molecule has 0 aliphatic rings. The number of carbonyl (C=O) groups excluding carboxylic acids is 1. The normalized spacial score (nSPS) is 10.3. The van der Waals surface area contributed by atoms with Gasteiger partial charge in [-0.1, -0.05) is 30.3 Å². The van der Waals surface area contributed by atoms with E-state index in [-0.39, 0.29) is 6.03 Å². The lowest BCUT2D eigenvalue weighted by molar-refractivity contribution is 0.240. The summed E-state index contributed by atoms with van der Waals surface area (Å²) in [5.41, 5.74) is 3.53. The molecular weight excluding hydrogens is 250 g/mol. The summed E-state index contributed by atoms with van der Waals surface area (Å²) in [7, 11) is 0. The van der Waals surface area contributed by atoms with Gasteiger partial charge in [0.15, 0.2) is 0 Å². The summed E-state index contributed by atoms with van der Waals surface area (Å²) in [6.45, 7) is 6.11. The van der Waals surface area contributed by atoms with Crippen LogP contribution in [0, 0.1) is 13.8 Å². The van der Waals surface area contributed by atoms with Crippen molar-refractivity contribution >= 4 is 6.03 Å². The van der Waals surface area contributed by atoms with Crippen LogP contribution in [0.15, 0.2) is 42.5 Å². The molecule has 0 bridgehead atoms. The van der Waals surface area contributed by atoms with Crippen LogP contribution < -0.4 is 10.6 Å². The topological polar surface area (TPSA) is 46.1 Å². The number of nitrogens with zero attached hydrogens (tertiary/aromatic N) is 1. The third-order valence-electron chi connectivity index (χ3n) is 3.33. The predicted molar refractivity (Wildman–Crippen MR) is 80.6 cm³/mol. The summed E-state index contributed by atoms with van der Waals surface area (Å²) in [6, 6.07) is 13.9. The number of amides is 2. The largest absolute Gasteiger partial charge is 0.347 e. The molecule has 0 spiro atoms. The molecule has 2 amide bonds. The second-order valence-electron chi connectivity index (χ2n) is 4.86.